The predicted molar refractivity (Wildman–Crippen MR) is 70.5 cm³/mol. The lowest BCUT2D eigenvalue weighted by molar-refractivity contribution is 0.968. The number of thiocarbonyl (C=S) groups is 1. The molecule has 82 valence electrons. The van der Waals surface area contributed by atoms with Crippen molar-refractivity contribution in [1.29, 1.82) is 0 Å². The fourth-order valence-electron chi connectivity index (χ4n) is 1.30. The van der Waals surface area contributed by atoms with E-state index < -0.39 is 0 Å². The van der Waals surface area contributed by atoms with Gasteiger partial charge in [-0.2, -0.15) is 0 Å². The molecule has 15 heavy (non-hydrogen) atoms. The molecule has 3 nitrogen and oxygen atoms in total. The Bertz CT molecular complexity index is 363. The van der Waals surface area contributed by atoms with E-state index in [1.54, 1.807) is 0 Å². The van der Waals surface area contributed by atoms with Crippen LogP contribution >= 0.6 is 12.2 Å². The highest BCUT2D eigenvalue weighted by atomic mass is 32.1. The lowest BCUT2D eigenvalue weighted by Gasteiger charge is -2.19. The zero-order chi connectivity index (χ0) is 11.4. The van der Waals surface area contributed by atoms with Gasteiger partial charge in [0.05, 0.1) is 0 Å². The molecule has 1 rings (SSSR count). The van der Waals surface area contributed by atoms with E-state index in [4.69, 9.17) is 18.0 Å². The van der Waals surface area contributed by atoms with E-state index in [0.29, 0.717) is 5.11 Å². The van der Waals surface area contributed by atoms with Gasteiger partial charge in [-0.05, 0) is 43.8 Å². The smallest absolute Gasteiger partial charge is 0.168 e. The highest BCUT2D eigenvalue weighted by molar-refractivity contribution is 7.80. The van der Waals surface area contributed by atoms with E-state index >= 15 is 0 Å². The second-order valence-electron chi connectivity index (χ2n) is 3.50. The number of aryl methyl sites for hydroxylation is 1. The van der Waals surface area contributed by atoms with Crippen LogP contribution in [0.3, 0.4) is 0 Å². The summed E-state index contributed by atoms with van der Waals surface area (Å²) in [6, 6.07) is 6.20. The van der Waals surface area contributed by atoms with E-state index in [1.807, 2.05) is 6.92 Å². The van der Waals surface area contributed by atoms with Gasteiger partial charge >= 0.3 is 0 Å². The van der Waals surface area contributed by atoms with Crippen LogP contribution in [0.5, 0.6) is 0 Å². The van der Waals surface area contributed by atoms with Crippen LogP contribution in [-0.4, -0.2) is 18.7 Å². The average Bonchev–Trinajstić information content (AvgIpc) is 2.19. The number of benzene rings is 1. The highest BCUT2D eigenvalue weighted by Gasteiger charge is 2.03. The van der Waals surface area contributed by atoms with Crippen LogP contribution < -0.4 is 16.0 Å². The molecule has 0 aliphatic carbocycles. The van der Waals surface area contributed by atoms with E-state index in [-0.39, 0.29) is 0 Å². The topological polar surface area (TPSA) is 41.3 Å². The third kappa shape index (κ3) is 3.09. The van der Waals surface area contributed by atoms with Gasteiger partial charge in [0.2, 0.25) is 0 Å². The van der Waals surface area contributed by atoms with Crippen LogP contribution in [0.4, 0.5) is 11.4 Å². The maximum atomic E-state index is 5.46. The molecule has 0 aliphatic rings. The van der Waals surface area contributed by atoms with Crippen molar-refractivity contribution < 1.29 is 0 Å². The van der Waals surface area contributed by atoms with Crippen LogP contribution in [0, 0.1) is 6.92 Å². The number of hydrogen-bond acceptors (Lipinski definition) is 2. The molecule has 4 heteroatoms. The summed E-state index contributed by atoms with van der Waals surface area (Å²) in [5.74, 6) is 0. The Hall–Kier alpha value is -1.29. The second kappa shape index (κ2) is 4.98. The quantitative estimate of drug-likeness (QED) is 0.770. The lowest BCUT2D eigenvalue weighted by Crippen LogP contribution is -2.20. The Kier molecular flexibility index (Phi) is 3.91. The van der Waals surface area contributed by atoms with Crippen LogP contribution in [-0.2, 0) is 0 Å². The standard InChI is InChI=1S/C11H17N3S/c1-4-14(3)9-6-5-8(2)10(7-9)13-11(12)15/h5-7H,4H2,1-3H3,(H3,12,13,15). The van der Waals surface area contributed by atoms with Gasteiger partial charge in [0, 0.05) is 25.0 Å². The van der Waals surface area contributed by atoms with Gasteiger partial charge < -0.3 is 16.0 Å². The van der Waals surface area contributed by atoms with Crippen molar-refractivity contribution >= 4 is 28.7 Å². The molecule has 0 radical (unpaired) electrons. The molecule has 0 unspecified atom stereocenters. The summed E-state index contributed by atoms with van der Waals surface area (Å²) >= 11 is 4.83. The SMILES string of the molecule is CCN(C)c1ccc(C)c(NC(N)=S)c1. The molecule has 0 atom stereocenters. The number of hydrogen-bond donors (Lipinski definition) is 2. The van der Waals surface area contributed by atoms with E-state index in [1.165, 1.54) is 0 Å². The molecule has 0 aliphatic heterocycles. The molecule has 0 spiro atoms. The minimum atomic E-state index is 0.300. The summed E-state index contributed by atoms with van der Waals surface area (Å²) in [6.45, 7) is 5.10. The van der Waals surface area contributed by atoms with Crippen LogP contribution in [0.1, 0.15) is 12.5 Å². The Balaban J connectivity index is 2.99. The van der Waals surface area contributed by atoms with Crippen molar-refractivity contribution in [3.8, 4) is 0 Å². The third-order valence-electron chi connectivity index (χ3n) is 2.39. The van der Waals surface area contributed by atoms with Crippen LogP contribution in [0.15, 0.2) is 18.2 Å². The number of nitrogens with two attached hydrogens (primary N) is 1. The summed E-state index contributed by atoms with van der Waals surface area (Å²) < 4.78 is 0. The van der Waals surface area contributed by atoms with Gasteiger partial charge in [-0.15, -0.1) is 0 Å². The van der Waals surface area contributed by atoms with Crippen LogP contribution in [0.2, 0.25) is 0 Å². The maximum Gasteiger partial charge on any atom is 0.168 e. The van der Waals surface area contributed by atoms with E-state index in [2.05, 4.69) is 42.4 Å². The fourth-order valence-corrected chi connectivity index (χ4v) is 1.41. The molecule has 0 fully saturated rings. The number of rotatable bonds is 3. The third-order valence-corrected chi connectivity index (χ3v) is 2.50. The largest absolute Gasteiger partial charge is 0.376 e. The van der Waals surface area contributed by atoms with Crippen molar-refractivity contribution in [3.05, 3.63) is 23.8 Å². The van der Waals surface area contributed by atoms with Gasteiger partial charge in [0.25, 0.3) is 0 Å². The minimum absolute atomic E-state index is 0.300. The molecular formula is C11H17N3S. The molecule has 1 aromatic rings. The molecule has 0 saturated heterocycles. The van der Waals surface area contributed by atoms with Gasteiger partial charge in [-0.3, -0.25) is 0 Å². The summed E-state index contributed by atoms with van der Waals surface area (Å²) in [4.78, 5) is 2.16. The highest BCUT2D eigenvalue weighted by Crippen LogP contribution is 2.22. The van der Waals surface area contributed by atoms with Gasteiger partial charge in [-0.25, -0.2) is 0 Å². The first kappa shape index (κ1) is 11.8. The first-order valence-electron chi connectivity index (χ1n) is 4.92. The molecule has 0 bridgehead atoms. The first-order chi connectivity index (χ1) is 7.04. The molecule has 0 saturated carbocycles. The molecule has 3 N–H and O–H groups in total. The Labute approximate surface area is 96.3 Å². The zero-order valence-corrected chi connectivity index (χ0v) is 10.2. The average molecular weight is 223 g/mol. The second-order valence-corrected chi connectivity index (χ2v) is 3.94. The fraction of sp³-hybridized carbons (Fsp3) is 0.364. The minimum Gasteiger partial charge on any atom is -0.376 e. The number of nitrogens with zero attached hydrogens (tertiary/aromatic N) is 1. The van der Waals surface area contributed by atoms with E-state index in [0.717, 1.165) is 23.5 Å². The molecular weight excluding hydrogens is 206 g/mol. The van der Waals surface area contributed by atoms with E-state index in [9.17, 15) is 0 Å². The predicted octanol–water partition coefficient (Wildman–Crippen LogP) is 2.11. The molecule has 1 aromatic carbocycles. The van der Waals surface area contributed by atoms with Crippen molar-refractivity contribution in [2.45, 2.75) is 13.8 Å². The molecule has 0 amide bonds. The zero-order valence-electron chi connectivity index (χ0n) is 9.37. The van der Waals surface area contributed by atoms with Crippen LogP contribution in [0.25, 0.3) is 0 Å². The monoisotopic (exact) mass is 223 g/mol. The maximum absolute atomic E-state index is 5.46. The Morgan fingerprint density at radius 2 is 2.20 bits per heavy atom. The number of nitrogens with one attached hydrogen (secondary N) is 1. The summed E-state index contributed by atoms with van der Waals surface area (Å²) in [7, 11) is 2.05. The van der Waals surface area contributed by atoms with Crippen molar-refractivity contribution in [3.63, 3.8) is 0 Å². The van der Waals surface area contributed by atoms with Gasteiger partial charge in [0.15, 0.2) is 5.11 Å². The lowest BCUT2D eigenvalue weighted by atomic mass is 10.1. The summed E-state index contributed by atoms with van der Waals surface area (Å²) in [6.07, 6.45) is 0. The summed E-state index contributed by atoms with van der Waals surface area (Å²) in [5, 5.41) is 3.28. The van der Waals surface area contributed by atoms with Gasteiger partial charge in [0.1, 0.15) is 0 Å². The van der Waals surface area contributed by atoms with Crippen molar-refractivity contribution in [1.82, 2.24) is 0 Å². The molecule has 0 heterocycles. The van der Waals surface area contributed by atoms with Crippen molar-refractivity contribution in [2.24, 2.45) is 5.73 Å². The Morgan fingerprint density at radius 3 is 2.73 bits per heavy atom. The van der Waals surface area contributed by atoms with Gasteiger partial charge in [-0.1, -0.05) is 6.07 Å². The summed E-state index contributed by atoms with van der Waals surface area (Å²) in [5.41, 5.74) is 8.72. The number of anilines is 2. The Morgan fingerprint density at radius 1 is 1.53 bits per heavy atom. The first-order valence-corrected chi connectivity index (χ1v) is 5.33. The normalized spacial score (nSPS) is 9.80. The van der Waals surface area contributed by atoms with Crippen molar-refractivity contribution in [2.75, 3.05) is 23.8 Å². The molecule has 0 aromatic heterocycles.